The standard InChI is InChI=1S/C27H37NO4/c1-19(2)31-25-17-27(32-23-9-7-6-8-21(23)25)12-14-28(15-13-27)20-10-11-22(24(16-20)30-5)26(3,4)18-29/h6-11,16,19,25,29H,12-15,17-18H2,1-5H3. The number of piperidine rings is 1. The molecule has 0 aromatic heterocycles. The molecule has 0 bridgehead atoms. The Kier molecular flexibility index (Phi) is 6.42. The first-order valence-corrected chi connectivity index (χ1v) is 11.7. The van der Waals surface area contributed by atoms with Crippen molar-refractivity contribution >= 4 is 5.69 Å². The highest BCUT2D eigenvalue weighted by atomic mass is 16.5. The number of ether oxygens (including phenoxy) is 3. The van der Waals surface area contributed by atoms with Gasteiger partial charge in [0.25, 0.3) is 0 Å². The number of nitrogens with zero attached hydrogens (tertiary/aromatic N) is 1. The SMILES string of the molecule is COc1cc(N2CCC3(CC2)CC(OC(C)C)c2ccccc2O3)ccc1C(C)(C)CO. The third-order valence-corrected chi connectivity index (χ3v) is 6.94. The lowest BCUT2D eigenvalue weighted by Crippen LogP contribution is -2.51. The lowest BCUT2D eigenvalue weighted by Gasteiger charge is -2.47. The lowest BCUT2D eigenvalue weighted by atomic mass is 9.81. The molecule has 2 aromatic carbocycles. The minimum atomic E-state index is -0.343. The van der Waals surface area contributed by atoms with Crippen LogP contribution in [0.1, 0.15) is 64.2 Å². The number of para-hydroxylation sites is 1. The van der Waals surface area contributed by atoms with Gasteiger partial charge in [0.15, 0.2) is 0 Å². The van der Waals surface area contributed by atoms with Crippen molar-refractivity contribution in [1.82, 2.24) is 0 Å². The van der Waals surface area contributed by atoms with Crippen LogP contribution in [0, 0.1) is 0 Å². The summed E-state index contributed by atoms with van der Waals surface area (Å²) in [6.45, 7) is 10.2. The van der Waals surface area contributed by atoms with Gasteiger partial charge < -0.3 is 24.2 Å². The molecule has 4 rings (SSSR count). The van der Waals surface area contributed by atoms with Crippen molar-refractivity contribution in [2.24, 2.45) is 0 Å². The maximum atomic E-state index is 9.78. The molecule has 1 spiro atoms. The molecular weight excluding hydrogens is 402 g/mol. The summed E-state index contributed by atoms with van der Waals surface area (Å²) in [6, 6.07) is 14.7. The third kappa shape index (κ3) is 4.46. The Labute approximate surface area is 192 Å². The first-order chi connectivity index (χ1) is 15.3. The van der Waals surface area contributed by atoms with E-state index < -0.39 is 0 Å². The molecule has 5 heteroatoms. The summed E-state index contributed by atoms with van der Waals surface area (Å²) < 4.78 is 18.6. The average molecular weight is 440 g/mol. The van der Waals surface area contributed by atoms with Crippen molar-refractivity contribution in [3.63, 3.8) is 0 Å². The van der Waals surface area contributed by atoms with Gasteiger partial charge >= 0.3 is 0 Å². The Morgan fingerprint density at radius 1 is 1.16 bits per heavy atom. The number of methoxy groups -OCH3 is 1. The van der Waals surface area contributed by atoms with Gasteiger partial charge in [0.2, 0.25) is 0 Å². The van der Waals surface area contributed by atoms with Gasteiger partial charge in [-0.3, -0.25) is 0 Å². The fourth-order valence-corrected chi connectivity index (χ4v) is 5.01. The summed E-state index contributed by atoms with van der Waals surface area (Å²) in [5.74, 6) is 1.80. The molecule has 2 heterocycles. The Bertz CT molecular complexity index is 931. The lowest BCUT2D eigenvalue weighted by molar-refractivity contribution is -0.0773. The van der Waals surface area contributed by atoms with Crippen molar-refractivity contribution in [2.75, 3.05) is 31.7 Å². The summed E-state index contributed by atoms with van der Waals surface area (Å²) in [7, 11) is 1.70. The Morgan fingerprint density at radius 3 is 2.53 bits per heavy atom. The summed E-state index contributed by atoms with van der Waals surface area (Å²) >= 11 is 0. The molecule has 1 N–H and O–H groups in total. The van der Waals surface area contributed by atoms with E-state index >= 15 is 0 Å². The second kappa shape index (κ2) is 8.95. The van der Waals surface area contributed by atoms with Crippen LogP contribution in [0.2, 0.25) is 0 Å². The maximum absolute atomic E-state index is 9.78. The molecule has 1 unspecified atom stereocenters. The molecule has 2 aliphatic rings. The van der Waals surface area contributed by atoms with Crippen molar-refractivity contribution in [2.45, 2.75) is 70.2 Å². The van der Waals surface area contributed by atoms with E-state index in [2.05, 4.69) is 55.1 Å². The largest absolute Gasteiger partial charge is 0.496 e. The van der Waals surface area contributed by atoms with E-state index in [1.165, 1.54) is 5.56 Å². The van der Waals surface area contributed by atoms with Gasteiger partial charge in [0.05, 0.1) is 25.9 Å². The van der Waals surface area contributed by atoms with Gasteiger partial charge in [0.1, 0.15) is 17.1 Å². The number of hydrogen-bond donors (Lipinski definition) is 1. The van der Waals surface area contributed by atoms with Crippen LogP contribution in [-0.2, 0) is 10.2 Å². The first kappa shape index (κ1) is 22.9. The zero-order valence-corrected chi connectivity index (χ0v) is 20.1. The van der Waals surface area contributed by atoms with Gasteiger partial charge in [-0.1, -0.05) is 38.1 Å². The summed E-state index contributed by atoms with van der Waals surface area (Å²) in [4.78, 5) is 2.41. The average Bonchev–Trinajstić information content (AvgIpc) is 2.78. The number of aliphatic hydroxyl groups is 1. The number of aliphatic hydroxyl groups excluding tert-OH is 1. The summed E-state index contributed by atoms with van der Waals surface area (Å²) in [5.41, 5.74) is 2.82. The molecule has 32 heavy (non-hydrogen) atoms. The van der Waals surface area contributed by atoms with Gasteiger partial charge in [0, 0.05) is 60.6 Å². The number of benzene rings is 2. The molecular formula is C27H37NO4. The molecule has 2 aliphatic heterocycles. The van der Waals surface area contributed by atoms with Crippen LogP contribution in [0.3, 0.4) is 0 Å². The van der Waals surface area contributed by atoms with E-state index in [1.54, 1.807) is 7.11 Å². The highest BCUT2D eigenvalue weighted by Gasteiger charge is 2.44. The maximum Gasteiger partial charge on any atom is 0.125 e. The Hall–Kier alpha value is -2.24. The predicted molar refractivity (Wildman–Crippen MR) is 128 cm³/mol. The highest BCUT2D eigenvalue weighted by molar-refractivity contribution is 5.56. The fraction of sp³-hybridized carbons (Fsp3) is 0.556. The molecule has 0 amide bonds. The third-order valence-electron chi connectivity index (χ3n) is 6.94. The second-order valence-electron chi connectivity index (χ2n) is 10.1. The minimum absolute atomic E-state index is 0.0755. The zero-order chi connectivity index (χ0) is 22.9. The van der Waals surface area contributed by atoms with E-state index in [-0.39, 0.29) is 29.8 Å². The second-order valence-corrected chi connectivity index (χ2v) is 10.1. The normalized spacial score (nSPS) is 20.2. The molecule has 1 saturated heterocycles. The topological polar surface area (TPSA) is 51.2 Å². The van der Waals surface area contributed by atoms with Crippen LogP contribution in [-0.4, -0.2) is 43.6 Å². The summed E-state index contributed by atoms with van der Waals surface area (Å²) in [5, 5.41) is 9.78. The van der Waals surface area contributed by atoms with E-state index in [0.717, 1.165) is 55.1 Å². The van der Waals surface area contributed by atoms with E-state index in [9.17, 15) is 5.11 Å². The van der Waals surface area contributed by atoms with Gasteiger partial charge in [-0.2, -0.15) is 0 Å². The van der Waals surface area contributed by atoms with Crippen LogP contribution < -0.4 is 14.4 Å². The molecule has 1 atom stereocenters. The van der Waals surface area contributed by atoms with Crippen LogP contribution in [0.15, 0.2) is 42.5 Å². The van der Waals surface area contributed by atoms with E-state index in [1.807, 2.05) is 19.9 Å². The first-order valence-electron chi connectivity index (χ1n) is 11.7. The molecule has 174 valence electrons. The molecule has 5 nitrogen and oxygen atoms in total. The van der Waals surface area contributed by atoms with Gasteiger partial charge in [-0.15, -0.1) is 0 Å². The number of fused-ring (bicyclic) bond motifs is 1. The highest BCUT2D eigenvalue weighted by Crippen LogP contribution is 2.46. The van der Waals surface area contributed by atoms with E-state index in [4.69, 9.17) is 14.2 Å². The van der Waals surface area contributed by atoms with Crippen molar-refractivity contribution < 1.29 is 19.3 Å². The smallest absolute Gasteiger partial charge is 0.125 e. The quantitative estimate of drug-likeness (QED) is 0.666. The van der Waals surface area contributed by atoms with Crippen LogP contribution >= 0.6 is 0 Å². The number of rotatable bonds is 6. The Morgan fingerprint density at radius 2 is 1.88 bits per heavy atom. The zero-order valence-electron chi connectivity index (χ0n) is 20.1. The van der Waals surface area contributed by atoms with Crippen molar-refractivity contribution in [3.05, 3.63) is 53.6 Å². The monoisotopic (exact) mass is 439 g/mol. The molecule has 0 radical (unpaired) electrons. The van der Waals surface area contributed by atoms with Crippen molar-refractivity contribution in [1.29, 1.82) is 0 Å². The Balaban J connectivity index is 1.52. The van der Waals surface area contributed by atoms with Crippen LogP contribution in [0.5, 0.6) is 11.5 Å². The minimum Gasteiger partial charge on any atom is -0.496 e. The van der Waals surface area contributed by atoms with E-state index in [0.29, 0.717) is 0 Å². The van der Waals surface area contributed by atoms with Crippen LogP contribution in [0.4, 0.5) is 5.69 Å². The fourth-order valence-electron chi connectivity index (χ4n) is 5.01. The number of anilines is 1. The summed E-state index contributed by atoms with van der Waals surface area (Å²) in [6.07, 6.45) is 3.05. The molecule has 1 fully saturated rings. The van der Waals surface area contributed by atoms with Gasteiger partial charge in [-0.05, 0) is 26.0 Å². The predicted octanol–water partition coefficient (Wildman–Crippen LogP) is 5.25. The number of hydrogen-bond acceptors (Lipinski definition) is 5. The van der Waals surface area contributed by atoms with Crippen LogP contribution in [0.25, 0.3) is 0 Å². The van der Waals surface area contributed by atoms with Crippen molar-refractivity contribution in [3.8, 4) is 11.5 Å². The van der Waals surface area contributed by atoms with Gasteiger partial charge in [-0.25, -0.2) is 0 Å². The molecule has 0 aliphatic carbocycles. The molecule has 0 saturated carbocycles. The molecule has 2 aromatic rings.